The number of esters is 1. The second kappa shape index (κ2) is 9.06. The molecule has 1 fully saturated rings. The fraction of sp³-hybridized carbons (Fsp3) is 0.455. The molecule has 1 aliphatic heterocycles. The summed E-state index contributed by atoms with van der Waals surface area (Å²) in [6.45, 7) is 5.63. The molecule has 0 atom stereocenters. The number of hydrogen-bond donors (Lipinski definition) is 1. The second-order valence-corrected chi connectivity index (χ2v) is 7.11. The minimum Gasteiger partial charge on any atom is -0.465 e. The van der Waals surface area contributed by atoms with Gasteiger partial charge in [-0.15, -0.1) is 0 Å². The lowest BCUT2D eigenvalue weighted by molar-refractivity contribution is -0.000513. The van der Waals surface area contributed by atoms with E-state index in [1.807, 2.05) is 30.0 Å². The highest BCUT2D eigenvalue weighted by Gasteiger charge is 2.29. The van der Waals surface area contributed by atoms with Crippen LogP contribution in [0.1, 0.15) is 57.4 Å². The van der Waals surface area contributed by atoms with Crippen molar-refractivity contribution in [3.8, 4) is 0 Å². The van der Waals surface area contributed by atoms with Crippen LogP contribution in [0.3, 0.4) is 0 Å². The molecule has 0 unspecified atom stereocenters. The van der Waals surface area contributed by atoms with Crippen LogP contribution in [0.15, 0.2) is 30.3 Å². The normalized spacial score (nSPS) is 14.9. The number of rotatable bonds is 6. The van der Waals surface area contributed by atoms with Crippen LogP contribution in [0, 0.1) is 6.92 Å². The molecule has 0 aliphatic carbocycles. The molecule has 3 rings (SSSR count). The monoisotopic (exact) mass is 384 g/mol. The van der Waals surface area contributed by atoms with E-state index in [4.69, 9.17) is 9.47 Å². The standard InChI is InChI=1S/C22H28N2O4/c1-4-18-19(22(26)27-3)15(2)20(23-18)21(25)24-12-10-17(11-13-24)28-14-16-8-6-5-7-9-16/h5-9,17,23H,4,10-14H2,1-3H3. The smallest absolute Gasteiger partial charge is 0.339 e. The highest BCUT2D eigenvalue weighted by Crippen LogP contribution is 2.23. The predicted octanol–water partition coefficient (Wildman–Crippen LogP) is 3.49. The lowest BCUT2D eigenvalue weighted by atomic mass is 10.1. The molecule has 0 saturated carbocycles. The van der Waals surface area contributed by atoms with E-state index in [9.17, 15) is 9.59 Å². The molecule has 1 amide bonds. The second-order valence-electron chi connectivity index (χ2n) is 7.11. The van der Waals surface area contributed by atoms with Gasteiger partial charge in [0.15, 0.2) is 0 Å². The molecular weight excluding hydrogens is 356 g/mol. The Morgan fingerprint density at radius 3 is 2.46 bits per heavy atom. The molecule has 1 saturated heterocycles. The molecule has 0 bridgehead atoms. The molecule has 0 radical (unpaired) electrons. The fourth-order valence-corrected chi connectivity index (χ4v) is 3.69. The summed E-state index contributed by atoms with van der Waals surface area (Å²) in [6, 6.07) is 10.1. The van der Waals surface area contributed by atoms with Crippen molar-refractivity contribution in [1.29, 1.82) is 0 Å². The van der Waals surface area contributed by atoms with E-state index in [1.54, 1.807) is 6.92 Å². The van der Waals surface area contributed by atoms with E-state index in [1.165, 1.54) is 7.11 Å². The van der Waals surface area contributed by atoms with Gasteiger partial charge in [0.1, 0.15) is 5.69 Å². The van der Waals surface area contributed by atoms with Crippen molar-refractivity contribution in [2.45, 2.75) is 45.8 Å². The minimum atomic E-state index is -0.405. The number of carbonyl (C=O) groups is 2. The number of amides is 1. The summed E-state index contributed by atoms with van der Waals surface area (Å²) < 4.78 is 10.9. The van der Waals surface area contributed by atoms with Crippen LogP contribution in [-0.4, -0.2) is 48.1 Å². The average Bonchev–Trinajstić information content (AvgIpc) is 3.08. The Kier molecular flexibility index (Phi) is 6.52. The van der Waals surface area contributed by atoms with Gasteiger partial charge >= 0.3 is 5.97 Å². The maximum Gasteiger partial charge on any atom is 0.339 e. The Labute approximate surface area is 165 Å². The van der Waals surface area contributed by atoms with Gasteiger partial charge in [-0.2, -0.15) is 0 Å². The number of aryl methyl sites for hydroxylation is 1. The van der Waals surface area contributed by atoms with Crippen molar-refractivity contribution in [2.75, 3.05) is 20.2 Å². The molecule has 1 N–H and O–H groups in total. The van der Waals surface area contributed by atoms with Gasteiger partial charge in [0.05, 0.1) is 25.4 Å². The van der Waals surface area contributed by atoms with E-state index < -0.39 is 5.97 Å². The van der Waals surface area contributed by atoms with Crippen LogP contribution in [-0.2, 0) is 22.5 Å². The number of nitrogens with zero attached hydrogens (tertiary/aromatic N) is 1. The molecule has 2 heterocycles. The summed E-state index contributed by atoms with van der Waals surface area (Å²) in [5.41, 5.74) is 3.53. The van der Waals surface area contributed by atoms with Gasteiger partial charge in [-0.3, -0.25) is 4.79 Å². The first-order valence-electron chi connectivity index (χ1n) is 9.79. The number of benzene rings is 1. The van der Waals surface area contributed by atoms with Crippen molar-refractivity contribution < 1.29 is 19.1 Å². The first kappa shape index (κ1) is 20.1. The quantitative estimate of drug-likeness (QED) is 0.774. The maximum absolute atomic E-state index is 13.0. The summed E-state index contributed by atoms with van der Waals surface area (Å²) in [6.07, 6.45) is 2.41. The van der Waals surface area contributed by atoms with E-state index in [2.05, 4.69) is 17.1 Å². The maximum atomic E-state index is 13.0. The number of methoxy groups -OCH3 is 1. The minimum absolute atomic E-state index is 0.0659. The van der Waals surface area contributed by atoms with Crippen molar-refractivity contribution >= 4 is 11.9 Å². The topological polar surface area (TPSA) is 71.6 Å². The zero-order chi connectivity index (χ0) is 20.1. The van der Waals surface area contributed by atoms with Gasteiger partial charge in [0.25, 0.3) is 5.91 Å². The SMILES string of the molecule is CCc1[nH]c(C(=O)N2CCC(OCc3ccccc3)CC2)c(C)c1C(=O)OC. The van der Waals surface area contributed by atoms with E-state index in [0.717, 1.165) is 24.1 Å². The first-order valence-corrected chi connectivity index (χ1v) is 9.79. The summed E-state index contributed by atoms with van der Waals surface area (Å²) >= 11 is 0. The third-order valence-electron chi connectivity index (χ3n) is 5.34. The Balaban J connectivity index is 1.61. The number of likely N-dealkylation sites (tertiary alicyclic amines) is 1. The summed E-state index contributed by atoms with van der Waals surface area (Å²) in [5.74, 6) is -0.471. The Morgan fingerprint density at radius 2 is 1.86 bits per heavy atom. The molecule has 1 aromatic carbocycles. The average molecular weight is 384 g/mol. The fourth-order valence-electron chi connectivity index (χ4n) is 3.69. The third-order valence-corrected chi connectivity index (χ3v) is 5.34. The molecule has 150 valence electrons. The number of aromatic nitrogens is 1. The number of piperidine rings is 1. The van der Waals surface area contributed by atoms with Gasteiger partial charge in [0.2, 0.25) is 0 Å². The molecule has 1 aliphatic rings. The zero-order valence-corrected chi connectivity index (χ0v) is 16.8. The zero-order valence-electron chi connectivity index (χ0n) is 16.8. The lowest BCUT2D eigenvalue weighted by Gasteiger charge is -2.32. The van der Waals surface area contributed by atoms with Crippen molar-refractivity contribution in [3.05, 3.63) is 58.4 Å². The number of H-pyrrole nitrogens is 1. The van der Waals surface area contributed by atoms with Crippen LogP contribution in [0.4, 0.5) is 0 Å². The van der Waals surface area contributed by atoms with Crippen molar-refractivity contribution in [3.63, 3.8) is 0 Å². The molecule has 6 nitrogen and oxygen atoms in total. The number of ether oxygens (including phenoxy) is 2. The number of aromatic amines is 1. The summed E-state index contributed by atoms with van der Waals surface area (Å²) in [5, 5.41) is 0. The van der Waals surface area contributed by atoms with Crippen LogP contribution >= 0.6 is 0 Å². The van der Waals surface area contributed by atoms with Crippen LogP contribution in [0.2, 0.25) is 0 Å². The largest absolute Gasteiger partial charge is 0.465 e. The van der Waals surface area contributed by atoms with Crippen LogP contribution < -0.4 is 0 Å². The summed E-state index contributed by atoms with van der Waals surface area (Å²) in [4.78, 5) is 30.1. The molecule has 1 aromatic heterocycles. The van der Waals surface area contributed by atoms with Crippen molar-refractivity contribution in [2.24, 2.45) is 0 Å². The van der Waals surface area contributed by atoms with Crippen LogP contribution in [0.5, 0.6) is 0 Å². The van der Waals surface area contributed by atoms with Gasteiger partial charge < -0.3 is 19.4 Å². The number of carbonyl (C=O) groups excluding carboxylic acids is 2. The van der Waals surface area contributed by atoms with E-state index in [-0.39, 0.29) is 12.0 Å². The van der Waals surface area contributed by atoms with Gasteiger partial charge in [-0.1, -0.05) is 37.3 Å². The highest BCUT2D eigenvalue weighted by molar-refractivity contribution is 6.00. The molecule has 6 heteroatoms. The Morgan fingerprint density at radius 1 is 1.18 bits per heavy atom. The highest BCUT2D eigenvalue weighted by atomic mass is 16.5. The molecular formula is C22H28N2O4. The number of nitrogens with one attached hydrogen (secondary N) is 1. The van der Waals surface area contributed by atoms with Gasteiger partial charge in [-0.05, 0) is 37.3 Å². The molecule has 28 heavy (non-hydrogen) atoms. The lowest BCUT2D eigenvalue weighted by Crippen LogP contribution is -2.41. The number of hydrogen-bond acceptors (Lipinski definition) is 4. The van der Waals surface area contributed by atoms with E-state index in [0.29, 0.717) is 42.9 Å². The predicted molar refractivity (Wildman–Crippen MR) is 106 cm³/mol. The van der Waals surface area contributed by atoms with Gasteiger partial charge in [-0.25, -0.2) is 4.79 Å². The van der Waals surface area contributed by atoms with Crippen molar-refractivity contribution in [1.82, 2.24) is 9.88 Å². The summed E-state index contributed by atoms with van der Waals surface area (Å²) in [7, 11) is 1.36. The molecule has 0 spiro atoms. The van der Waals surface area contributed by atoms with Crippen LogP contribution in [0.25, 0.3) is 0 Å². The third kappa shape index (κ3) is 4.28. The van der Waals surface area contributed by atoms with Gasteiger partial charge in [0, 0.05) is 18.8 Å². The van der Waals surface area contributed by atoms with E-state index >= 15 is 0 Å². The molecule has 2 aromatic rings. The first-order chi connectivity index (χ1) is 13.5. The Hall–Kier alpha value is -2.60. The Bertz CT molecular complexity index is 821.